The Hall–Kier alpha value is -1.18. The zero-order valence-electron chi connectivity index (χ0n) is 10.0. The number of hydrogen-bond donors (Lipinski definition) is 1. The van der Waals surface area contributed by atoms with Gasteiger partial charge in [0.05, 0.1) is 6.61 Å². The predicted molar refractivity (Wildman–Crippen MR) is 65.8 cm³/mol. The van der Waals surface area contributed by atoms with Crippen LogP contribution in [0.15, 0.2) is 18.2 Å². The molecule has 0 aliphatic rings. The van der Waals surface area contributed by atoms with Crippen molar-refractivity contribution >= 4 is 0 Å². The molecule has 0 heterocycles. The summed E-state index contributed by atoms with van der Waals surface area (Å²) in [6.45, 7) is 2.90. The zero-order valence-corrected chi connectivity index (χ0v) is 10.0. The first kappa shape index (κ1) is 12.9. The summed E-state index contributed by atoms with van der Waals surface area (Å²) in [4.78, 5) is 0. The van der Waals surface area contributed by atoms with E-state index in [2.05, 4.69) is 13.0 Å². The summed E-state index contributed by atoms with van der Waals surface area (Å²) in [6.07, 6.45) is 7.47. The Balaban J connectivity index is 2.05. The minimum Gasteiger partial charge on any atom is -0.504 e. The van der Waals surface area contributed by atoms with Crippen LogP contribution in [-0.2, 0) is 0 Å². The number of phenolic OH excluding ortho intramolecular Hbond substituents is 1. The first-order chi connectivity index (χ1) is 7.84. The molecule has 1 rings (SSSR count). The first-order valence-electron chi connectivity index (χ1n) is 6.16. The van der Waals surface area contributed by atoms with Gasteiger partial charge in [-0.3, -0.25) is 0 Å². The molecule has 0 atom stereocenters. The second-order valence-corrected chi connectivity index (χ2v) is 4.01. The maximum atomic E-state index is 9.44. The van der Waals surface area contributed by atoms with E-state index < -0.39 is 0 Å². The lowest BCUT2D eigenvalue weighted by molar-refractivity contribution is 0.289. The fraction of sp³-hybridized carbons (Fsp3) is 0.571. The SMILES string of the molecule is CCCCCCCCOc1c[c]ccc1O. The summed E-state index contributed by atoms with van der Waals surface area (Å²) >= 11 is 0. The lowest BCUT2D eigenvalue weighted by Crippen LogP contribution is -1.97. The fourth-order valence-corrected chi connectivity index (χ4v) is 1.59. The Morgan fingerprint density at radius 2 is 1.94 bits per heavy atom. The molecule has 1 aromatic carbocycles. The molecule has 0 aliphatic carbocycles. The summed E-state index contributed by atoms with van der Waals surface area (Å²) in [6, 6.07) is 7.83. The van der Waals surface area contributed by atoms with Crippen molar-refractivity contribution in [3.8, 4) is 11.5 Å². The van der Waals surface area contributed by atoms with Gasteiger partial charge < -0.3 is 9.84 Å². The molecule has 0 unspecified atom stereocenters. The first-order valence-corrected chi connectivity index (χ1v) is 6.16. The number of ether oxygens (including phenoxy) is 1. The van der Waals surface area contributed by atoms with Crippen molar-refractivity contribution in [2.24, 2.45) is 0 Å². The number of rotatable bonds is 8. The highest BCUT2D eigenvalue weighted by molar-refractivity contribution is 5.37. The molecule has 89 valence electrons. The summed E-state index contributed by atoms with van der Waals surface area (Å²) in [5.41, 5.74) is 0. The molecule has 0 aromatic heterocycles. The Morgan fingerprint density at radius 3 is 2.69 bits per heavy atom. The second kappa shape index (κ2) is 8.03. The lowest BCUT2D eigenvalue weighted by atomic mass is 10.1. The third-order valence-corrected chi connectivity index (χ3v) is 2.56. The van der Waals surface area contributed by atoms with E-state index in [1.807, 2.05) is 0 Å². The van der Waals surface area contributed by atoms with Crippen molar-refractivity contribution in [1.29, 1.82) is 0 Å². The van der Waals surface area contributed by atoms with Gasteiger partial charge in [-0.2, -0.15) is 0 Å². The Kier molecular flexibility index (Phi) is 6.47. The third kappa shape index (κ3) is 5.06. The molecule has 0 spiro atoms. The van der Waals surface area contributed by atoms with Crippen LogP contribution in [0.2, 0.25) is 0 Å². The van der Waals surface area contributed by atoms with Crippen molar-refractivity contribution in [3.05, 3.63) is 24.3 Å². The van der Waals surface area contributed by atoms with Crippen LogP contribution in [0.1, 0.15) is 45.4 Å². The van der Waals surface area contributed by atoms with Crippen LogP contribution in [-0.4, -0.2) is 11.7 Å². The molecular weight excluding hydrogens is 200 g/mol. The minimum atomic E-state index is 0.199. The number of unbranched alkanes of at least 4 members (excludes halogenated alkanes) is 5. The fourth-order valence-electron chi connectivity index (χ4n) is 1.59. The van der Waals surface area contributed by atoms with E-state index in [0.717, 1.165) is 6.42 Å². The normalized spacial score (nSPS) is 10.3. The maximum Gasteiger partial charge on any atom is 0.161 e. The van der Waals surface area contributed by atoms with E-state index >= 15 is 0 Å². The minimum absolute atomic E-state index is 0.199. The van der Waals surface area contributed by atoms with E-state index in [-0.39, 0.29) is 5.75 Å². The smallest absolute Gasteiger partial charge is 0.161 e. The van der Waals surface area contributed by atoms with E-state index in [4.69, 9.17) is 4.74 Å². The molecule has 0 amide bonds. The van der Waals surface area contributed by atoms with Gasteiger partial charge in [0.15, 0.2) is 11.5 Å². The van der Waals surface area contributed by atoms with Gasteiger partial charge in [-0.05, 0) is 24.6 Å². The number of hydrogen-bond acceptors (Lipinski definition) is 2. The van der Waals surface area contributed by atoms with Crippen LogP contribution < -0.4 is 4.74 Å². The average Bonchev–Trinajstić information content (AvgIpc) is 2.30. The number of phenols is 1. The molecule has 0 saturated heterocycles. The molecule has 0 fully saturated rings. The van der Waals surface area contributed by atoms with Gasteiger partial charge in [-0.15, -0.1) is 0 Å². The second-order valence-electron chi connectivity index (χ2n) is 4.01. The van der Waals surface area contributed by atoms with Crippen molar-refractivity contribution in [3.63, 3.8) is 0 Å². The van der Waals surface area contributed by atoms with Crippen molar-refractivity contribution < 1.29 is 9.84 Å². The Bertz CT molecular complexity index is 284. The van der Waals surface area contributed by atoms with Crippen LogP contribution in [0.5, 0.6) is 11.5 Å². The van der Waals surface area contributed by atoms with Gasteiger partial charge >= 0.3 is 0 Å². The number of benzene rings is 1. The summed E-state index contributed by atoms with van der Waals surface area (Å²) in [7, 11) is 0. The predicted octanol–water partition coefficient (Wildman–Crippen LogP) is 3.93. The largest absolute Gasteiger partial charge is 0.504 e. The van der Waals surface area contributed by atoms with Crippen LogP contribution in [0.4, 0.5) is 0 Å². The zero-order chi connectivity index (χ0) is 11.6. The van der Waals surface area contributed by atoms with Crippen LogP contribution >= 0.6 is 0 Å². The van der Waals surface area contributed by atoms with Crippen molar-refractivity contribution in [2.45, 2.75) is 45.4 Å². The molecular formula is C14H21O2. The van der Waals surface area contributed by atoms with E-state index in [9.17, 15) is 5.11 Å². The maximum absolute atomic E-state index is 9.44. The van der Waals surface area contributed by atoms with Gasteiger partial charge in [-0.1, -0.05) is 45.1 Å². The van der Waals surface area contributed by atoms with Crippen LogP contribution in [0.3, 0.4) is 0 Å². The van der Waals surface area contributed by atoms with E-state index in [1.54, 1.807) is 18.2 Å². The van der Waals surface area contributed by atoms with Crippen molar-refractivity contribution in [1.82, 2.24) is 0 Å². The Morgan fingerprint density at radius 1 is 1.19 bits per heavy atom. The molecule has 1 radical (unpaired) electrons. The topological polar surface area (TPSA) is 29.5 Å². The molecule has 0 bridgehead atoms. The van der Waals surface area contributed by atoms with Gasteiger partial charge in [0.2, 0.25) is 0 Å². The van der Waals surface area contributed by atoms with Gasteiger partial charge in [-0.25, -0.2) is 0 Å². The Labute approximate surface area is 98.3 Å². The summed E-state index contributed by atoms with van der Waals surface area (Å²) < 4.78 is 5.46. The number of aromatic hydroxyl groups is 1. The van der Waals surface area contributed by atoms with Gasteiger partial charge in [0, 0.05) is 0 Å². The molecule has 2 nitrogen and oxygen atoms in total. The monoisotopic (exact) mass is 221 g/mol. The summed E-state index contributed by atoms with van der Waals surface area (Å²) in [5, 5.41) is 9.44. The molecule has 16 heavy (non-hydrogen) atoms. The van der Waals surface area contributed by atoms with Crippen LogP contribution in [0, 0.1) is 6.07 Å². The highest BCUT2D eigenvalue weighted by atomic mass is 16.5. The van der Waals surface area contributed by atoms with E-state index in [0.29, 0.717) is 12.4 Å². The molecule has 1 N–H and O–H groups in total. The standard InChI is InChI=1S/C14H21O2/c1-2-3-4-5-6-9-12-16-14-11-8-7-10-13(14)15/h7,10-11,15H,2-6,9,12H2,1H3. The molecule has 0 saturated carbocycles. The van der Waals surface area contributed by atoms with Crippen LogP contribution in [0.25, 0.3) is 0 Å². The highest BCUT2D eigenvalue weighted by Crippen LogP contribution is 2.24. The summed E-state index contributed by atoms with van der Waals surface area (Å²) in [5.74, 6) is 0.737. The van der Waals surface area contributed by atoms with Crippen molar-refractivity contribution in [2.75, 3.05) is 6.61 Å². The quantitative estimate of drug-likeness (QED) is 0.674. The molecule has 2 heteroatoms. The van der Waals surface area contributed by atoms with E-state index in [1.165, 1.54) is 32.1 Å². The molecule has 0 aliphatic heterocycles. The molecule has 1 aromatic rings. The third-order valence-electron chi connectivity index (χ3n) is 2.56. The average molecular weight is 221 g/mol. The van der Waals surface area contributed by atoms with Gasteiger partial charge in [0.1, 0.15) is 0 Å². The van der Waals surface area contributed by atoms with Gasteiger partial charge in [0.25, 0.3) is 0 Å². The lowest BCUT2D eigenvalue weighted by Gasteiger charge is -2.07. The highest BCUT2D eigenvalue weighted by Gasteiger charge is 1.99.